The van der Waals surface area contributed by atoms with Crippen LogP contribution in [-0.4, -0.2) is 27.1 Å². The van der Waals surface area contributed by atoms with E-state index in [1.54, 1.807) is 26.0 Å². The molecule has 1 saturated carbocycles. The molecule has 1 fully saturated rings. The lowest BCUT2D eigenvalue weighted by molar-refractivity contribution is -0.123. The number of hydrogen-bond acceptors (Lipinski definition) is 4. The maximum absolute atomic E-state index is 13.2. The van der Waals surface area contributed by atoms with Gasteiger partial charge >= 0.3 is 5.69 Å². The van der Waals surface area contributed by atoms with E-state index in [2.05, 4.69) is 15.3 Å². The van der Waals surface area contributed by atoms with Crippen LogP contribution in [0.4, 0.5) is 4.39 Å². The summed E-state index contributed by atoms with van der Waals surface area (Å²) in [5.74, 6) is -0.322. The average Bonchev–Trinajstić information content (AvgIpc) is 2.57. The zero-order valence-corrected chi connectivity index (χ0v) is 15.5. The van der Waals surface area contributed by atoms with Crippen molar-refractivity contribution in [2.45, 2.75) is 51.7 Å². The van der Waals surface area contributed by atoms with E-state index < -0.39 is 5.69 Å². The van der Waals surface area contributed by atoms with Crippen LogP contribution in [0.25, 0.3) is 0 Å². The molecule has 1 aromatic carbocycles. The van der Waals surface area contributed by atoms with Gasteiger partial charge in [0, 0.05) is 17.8 Å². The summed E-state index contributed by atoms with van der Waals surface area (Å²) < 4.78 is 13.2. The Bertz CT molecular complexity index is 847. The zero-order valence-electron chi connectivity index (χ0n) is 15.5. The van der Waals surface area contributed by atoms with Crippen LogP contribution in [0, 0.1) is 25.6 Å². The Kier molecular flexibility index (Phi) is 5.70. The fourth-order valence-electron chi connectivity index (χ4n) is 3.65. The van der Waals surface area contributed by atoms with Crippen LogP contribution in [0.5, 0.6) is 0 Å². The van der Waals surface area contributed by atoms with Crippen molar-refractivity contribution >= 4 is 5.91 Å². The van der Waals surface area contributed by atoms with Gasteiger partial charge in [0.25, 0.3) is 0 Å². The van der Waals surface area contributed by atoms with Crippen LogP contribution in [0.3, 0.4) is 0 Å². The lowest BCUT2D eigenvalue weighted by Crippen LogP contribution is -2.41. The summed E-state index contributed by atoms with van der Waals surface area (Å²) >= 11 is 0. The minimum atomic E-state index is -0.391. The number of H-pyrrole nitrogens is 1. The molecule has 0 saturated heterocycles. The van der Waals surface area contributed by atoms with Gasteiger partial charge in [0.05, 0.1) is 12.1 Å². The van der Waals surface area contributed by atoms with Crippen LogP contribution >= 0.6 is 0 Å². The second-order valence-electron chi connectivity index (χ2n) is 7.21. The molecule has 1 aliphatic rings. The molecule has 1 heterocycles. The first-order chi connectivity index (χ1) is 12.8. The molecule has 2 aromatic rings. The van der Waals surface area contributed by atoms with E-state index in [9.17, 15) is 19.1 Å². The summed E-state index contributed by atoms with van der Waals surface area (Å²) in [5, 5.41) is 12.7. The number of rotatable bonds is 6. The van der Waals surface area contributed by atoms with Gasteiger partial charge in [-0.2, -0.15) is 4.98 Å². The Hall–Kier alpha value is -2.54. The lowest BCUT2D eigenvalue weighted by Gasteiger charge is -2.38. The molecule has 144 valence electrons. The molecule has 1 aliphatic carbocycles. The Morgan fingerprint density at radius 3 is 2.59 bits per heavy atom. The van der Waals surface area contributed by atoms with Crippen LogP contribution in [0.15, 0.2) is 29.1 Å². The largest absolute Gasteiger partial charge is 0.393 e. The maximum Gasteiger partial charge on any atom is 0.345 e. The van der Waals surface area contributed by atoms with Crippen LogP contribution < -0.4 is 11.0 Å². The SMILES string of the molecule is Cc1nc(=O)[nH]c(C)c1CCC(=O)N[C@H](c1ccc(F)cc1)C1CC(O)C1. The third kappa shape index (κ3) is 4.60. The highest BCUT2D eigenvalue weighted by Gasteiger charge is 2.35. The van der Waals surface area contributed by atoms with Gasteiger partial charge in [-0.25, -0.2) is 9.18 Å². The van der Waals surface area contributed by atoms with Crippen molar-refractivity contribution in [2.75, 3.05) is 0 Å². The van der Waals surface area contributed by atoms with E-state index in [0.717, 1.165) is 16.8 Å². The lowest BCUT2D eigenvalue weighted by atomic mass is 9.75. The quantitative estimate of drug-likeness (QED) is 0.723. The minimum absolute atomic E-state index is 0.129. The molecule has 7 heteroatoms. The van der Waals surface area contributed by atoms with Crippen molar-refractivity contribution in [3.63, 3.8) is 0 Å². The molecule has 3 N–H and O–H groups in total. The summed E-state index contributed by atoms with van der Waals surface area (Å²) in [4.78, 5) is 30.5. The van der Waals surface area contributed by atoms with Crippen molar-refractivity contribution < 1.29 is 14.3 Å². The van der Waals surface area contributed by atoms with Gasteiger partial charge < -0.3 is 15.4 Å². The second-order valence-corrected chi connectivity index (χ2v) is 7.21. The molecule has 1 atom stereocenters. The van der Waals surface area contributed by atoms with Gasteiger partial charge in [-0.05, 0) is 62.3 Å². The summed E-state index contributed by atoms with van der Waals surface area (Å²) in [7, 11) is 0. The molecule has 0 bridgehead atoms. The van der Waals surface area contributed by atoms with E-state index in [-0.39, 0.29) is 36.2 Å². The molecule has 1 aromatic heterocycles. The number of aromatic amines is 1. The first kappa shape index (κ1) is 19.2. The van der Waals surface area contributed by atoms with E-state index in [0.29, 0.717) is 25.0 Å². The number of nitrogens with zero attached hydrogens (tertiary/aromatic N) is 1. The number of aliphatic hydroxyl groups is 1. The zero-order chi connectivity index (χ0) is 19.6. The van der Waals surface area contributed by atoms with Crippen molar-refractivity contribution in [3.05, 3.63) is 63.1 Å². The van der Waals surface area contributed by atoms with Crippen molar-refractivity contribution in [1.29, 1.82) is 0 Å². The molecule has 6 nitrogen and oxygen atoms in total. The Labute approximate surface area is 156 Å². The van der Waals surface area contributed by atoms with Crippen molar-refractivity contribution in [3.8, 4) is 0 Å². The van der Waals surface area contributed by atoms with E-state index in [1.165, 1.54) is 12.1 Å². The number of benzene rings is 1. The summed E-state index contributed by atoms with van der Waals surface area (Å²) in [6.07, 6.45) is 1.61. The Morgan fingerprint density at radius 2 is 2.00 bits per heavy atom. The number of amides is 1. The monoisotopic (exact) mass is 373 g/mol. The number of hydrogen-bond donors (Lipinski definition) is 3. The fourth-order valence-corrected chi connectivity index (χ4v) is 3.65. The fraction of sp³-hybridized carbons (Fsp3) is 0.450. The van der Waals surface area contributed by atoms with Gasteiger partial charge in [-0.3, -0.25) is 4.79 Å². The number of aryl methyl sites for hydroxylation is 2. The molecule has 27 heavy (non-hydrogen) atoms. The van der Waals surface area contributed by atoms with Crippen LogP contribution in [-0.2, 0) is 11.2 Å². The smallest absolute Gasteiger partial charge is 0.345 e. The molecule has 0 unspecified atom stereocenters. The van der Waals surface area contributed by atoms with Crippen LogP contribution in [0.1, 0.15) is 47.8 Å². The topological polar surface area (TPSA) is 95.1 Å². The van der Waals surface area contributed by atoms with Crippen molar-refractivity contribution in [2.24, 2.45) is 5.92 Å². The molecule has 3 rings (SSSR count). The van der Waals surface area contributed by atoms with Gasteiger partial charge in [0.2, 0.25) is 5.91 Å². The first-order valence-corrected chi connectivity index (χ1v) is 9.12. The molecular formula is C20H24FN3O3. The normalized spacial score (nSPS) is 20.0. The Morgan fingerprint density at radius 1 is 1.33 bits per heavy atom. The third-order valence-corrected chi connectivity index (χ3v) is 5.22. The molecular weight excluding hydrogens is 349 g/mol. The third-order valence-electron chi connectivity index (χ3n) is 5.22. The van der Waals surface area contributed by atoms with Gasteiger partial charge in [-0.15, -0.1) is 0 Å². The predicted molar refractivity (Wildman–Crippen MR) is 98.7 cm³/mol. The highest BCUT2D eigenvalue weighted by Crippen LogP contribution is 2.38. The second kappa shape index (κ2) is 8.00. The minimum Gasteiger partial charge on any atom is -0.393 e. The summed E-state index contributed by atoms with van der Waals surface area (Å²) in [6, 6.07) is 5.85. The average molecular weight is 373 g/mol. The molecule has 1 amide bonds. The number of carbonyl (C=O) groups excluding carboxylic acids is 1. The molecule has 0 radical (unpaired) electrons. The number of halogens is 1. The van der Waals surface area contributed by atoms with Gasteiger partial charge in [0.1, 0.15) is 5.82 Å². The summed E-state index contributed by atoms with van der Waals surface area (Å²) in [6.45, 7) is 3.55. The van der Waals surface area contributed by atoms with Gasteiger partial charge in [0.15, 0.2) is 0 Å². The number of carbonyl (C=O) groups is 1. The van der Waals surface area contributed by atoms with Gasteiger partial charge in [-0.1, -0.05) is 12.1 Å². The Balaban J connectivity index is 1.68. The molecule has 0 spiro atoms. The van der Waals surface area contributed by atoms with E-state index >= 15 is 0 Å². The van der Waals surface area contributed by atoms with E-state index in [1.807, 2.05) is 0 Å². The highest BCUT2D eigenvalue weighted by atomic mass is 19.1. The van der Waals surface area contributed by atoms with Crippen molar-refractivity contribution in [1.82, 2.24) is 15.3 Å². The molecule has 0 aliphatic heterocycles. The number of nitrogens with one attached hydrogen (secondary N) is 2. The van der Waals surface area contributed by atoms with Crippen LogP contribution in [0.2, 0.25) is 0 Å². The number of aliphatic hydroxyl groups excluding tert-OH is 1. The first-order valence-electron chi connectivity index (χ1n) is 9.12. The highest BCUT2D eigenvalue weighted by molar-refractivity contribution is 5.76. The predicted octanol–water partition coefficient (Wildman–Crippen LogP) is 2.09. The summed E-state index contributed by atoms with van der Waals surface area (Å²) in [5.41, 5.74) is 2.65. The number of aromatic nitrogens is 2. The maximum atomic E-state index is 13.2. The van der Waals surface area contributed by atoms with E-state index in [4.69, 9.17) is 0 Å². The standard InChI is InChI=1S/C20H24FN3O3/c1-11-17(12(2)23-20(27)22-11)7-8-18(26)24-19(14-9-16(25)10-14)13-3-5-15(21)6-4-13/h3-6,14,16,19,25H,7-10H2,1-2H3,(H,24,26)(H,22,23,27)/t14?,16?,19-/m1/s1.